The third-order valence-corrected chi connectivity index (χ3v) is 6.69. The molecular formula is C21H28N4OS. The van der Waals surface area contributed by atoms with Gasteiger partial charge in [0, 0.05) is 55.5 Å². The number of carbonyl (C=O) groups is 1. The number of thioether (sulfide) groups is 1. The molecule has 1 atom stereocenters. The number of hydrogen-bond donors (Lipinski definition) is 1. The first-order valence-electron chi connectivity index (χ1n) is 9.91. The molecule has 0 radical (unpaired) electrons. The van der Waals surface area contributed by atoms with E-state index in [4.69, 9.17) is 0 Å². The summed E-state index contributed by atoms with van der Waals surface area (Å²) < 4.78 is 1.92. The molecule has 0 bridgehead atoms. The SMILES string of the molecule is Cn1nc(C(=O)NCCc2ccccc2)c2c1CCC(N1CCSCC1)C2. The molecule has 1 saturated heterocycles. The molecule has 6 heteroatoms. The summed E-state index contributed by atoms with van der Waals surface area (Å²) >= 11 is 2.05. The summed E-state index contributed by atoms with van der Waals surface area (Å²) in [6.45, 7) is 2.98. The minimum Gasteiger partial charge on any atom is -0.350 e. The predicted molar refractivity (Wildman–Crippen MR) is 110 cm³/mol. The number of carbonyl (C=O) groups excluding carboxylic acids is 1. The lowest BCUT2D eigenvalue weighted by Crippen LogP contribution is -2.44. The van der Waals surface area contributed by atoms with Crippen LogP contribution in [-0.2, 0) is 26.3 Å². The van der Waals surface area contributed by atoms with E-state index >= 15 is 0 Å². The van der Waals surface area contributed by atoms with E-state index in [1.54, 1.807) is 0 Å². The molecule has 144 valence electrons. The topological polar surface area (TPSA) is 50.2 Å². The van der Waals surface area contributed by atoms with Gasteiger partial charge in [-0.2, -0.15) is 16.9 Å². The Hall–Kier alpha value is -1.79. The van der Waals surface area contributed by atoms with Crippen LogP contribution in [0.1, 0.15) is 33.7 Å². The summed E-state index contributed by atoms with van der Waals surface area (Å²) in [7, 11) is 1.97. The number of hydrogen-bond acceptors (Lipinski definition) is 4. The van der Waals surface area contributed by atoms with Crippen LogP contribution in [0.3, 0.4) is 0 Å². The van der Waals surface area contributed by atoms with Crippen molar-refractivity contribution >= 4 is 17.7 Å². The van der Waals surface area contributed by atoms with Crippen molar-refractivity contribution in [2.24, 2.45) is 7.05 Å². The van der Waals surface area contributed by atoms with Crippen molar-refractivity contribution in [2.75, 3.05) is 31.1 Å². The highest BCUT2D eigenvalue weighted by Gasteiger charge is 2.31. The Balaban J connectivity index is 1.42. The molecule has 1 aromatic carbocycles. The standard InChI is InChI=1S/C21H28N4OS/c1-24-19-8-7-17(25-11-13-27-14-12-25)15-18(19)20(23-24)21(26)22-10-9-16-5-3-2-4-6-16/h2-6,17H,7-15H2,1H3,(H,22,26). The predicted octanol–water partition coefficient (Wildman–Crippen LogP) is 2.30. The third-order valence-electron chi connectivity index (χ3n) is 5.75. The first-order valence-corrected chi connectivity index (χ1v) is 11.1. The highest BCUT2D eigenvalue weighted by molar-refractivity contribution is 7.99. The average Bonchev–Trinajstić information content (AvgIpc) is 3.05. The van der Waals surface area contributed by atoms with E-state index in [9.17, 15) is 4.79 Å². The highest BCUT2D eigenvalue weighted by Crippen LogP contribution is 2.28. The van der Waals surface area contributed by atoms with Gasteiger partial charge in [-0.3, -0.25) is 14.4 Å². The maximum atomic E-state index is 12.8. The fourth-order valence-corrected chi connectivity index (χ4v) is 5.19. The largest absolute Gasteiger partial charge is 0.350 e. The van der Waals surface area contributed by atoms with Crippen LogP contribution in [0.5, 0.6) is 0 Å². The van der Waals surface area contributed by atoms with Gasteiger partial charge in [0.15, 0.2) is 5.69 Å². The summed E-state index contributed by atoms with van der Waals surface area (Å²) in [5, 5.41) is 7.65. The van der Waals surface area contributed by atoms with Crippen molar-refractivity contribution in [3.05, 3.63) is 52.8 Å². The normalized spacial score (nSPS) is 20.3. The quantitative estimate of drug-likeness (QED) is 0.859. The van der Waals surface area contributed by atoms with Gasteiger partial charge in [-0.05, 0) is 31.2 Å². The Morgan fingerprint density at radius 2 is 2.04 bits per heavy atom. The molecule has 0 spiro atoms. The van der Waals surface area contributed by atoms with Gasteiger partial charge in [0.2, 0.25) is 0 Å². The van der Waals surface area contributed by atoms with Gasteiger partial charge < -0.3 is 5.32 Å². The Kier molecular flexibility index (Phi) is 5.83. The van der Waals surface area contributed by atoms with Crippen LogP contribution in [0.25, 0.3) is 0 Å². The van der Waals surface area contributed by atoms with E-state index in [0.29, 0.717) is 18.3 Å². The van der Waals surface area contributed by atoms with Crippen LogP contribution in [-0.4, -0.2) is 57.8 Å². The number of aromatic nitrogens is 2. The molecule has 5 nitrogen and oxygen atoms in total. The molecule has 1 aromatic heterocycles. The van der Waals surface area contributed by atoms with Gasteiger partial charge in [-0.25, -0.2) is 0 Å². The zero-order valence-electron chi connectivity index (χ0n) is 16.0. The first kappa shape index (κ1) is 18.6. The van der Waals surface area contributed by atoms with E-state index in [2.05, 4.69) is 27.4 Å². The van der Waals surface area contributed by atoms with Gasteiger partial charge in [0.1, 0.15) is 0 Å². The van der Waals surface area contributed by atoms with Crippen LogP contribution >= 0.6 is 11.8 Å². The molecule has 4 rings (SSSR count). The van der Waals surface area contributed by atoms with Crippen molar-refractivity contribution in [3.8, 4) is 0 Å². The van der Waals surface area contributed by atoms with E-state index < -0.39 is 0 Å². The number of aryl methyl sites for hydroxylation is 1. The van der Waals surface area contributed by atoms with Crippen LogP contribution in [0.4, 0.5) is 0 Å². The Bertz CT molecular complexity index is 783. The van der Waals surface area contributed by atoms with Gasteiger partial charge >= 0.3 is 0 Å². The van der Waals surface area contributed by atoms with E-state index in [0.717, 1.165) is 19.3 Å². The number of benzene rings is 1. The van der Waals surface area contributed by atoms with E-state index in [1.165, 1.54) is 47.8 Å². The minimum absolute atomic E-state index is 0.0300. The lowest BCUT2D eigenvalue weighted by Gasteiger charge is -2.36. The molecule has 1 N–H and O–H groups in total. The fraction of sp³-hybridized carbons (Fsp3) is 0.524. The van der Waals surface area contributed by atoms with Crippen LogP contribution in [0, 0.1) is 0 Å². The van der Waals surface area contributed by atoms with Crippen LogP contribution < -0.4 is 5.32 Å². The Morgan fingerprint density at radius 1 is 1.26 bits per heavy atom. The molecule has 2 aromatic rings. The second kappa shape index (κ2) is 8.48. The van der Waals surface area contributed by atoms with Gasteiger partial charge in [0.05, 0.1) is 0 Å². The summed E-state index contributed by atoms with van der Waals surface area (Å²) in [6, 6.07) is 10.8. The molecule has 0 saturated carbocycles. The van der Waals surface area contributed by atoms with Crippen molar-refractivity contribution in [3.63, 3.8) is 0 Å². The van der Waals surface area contributed by atoms with Gasteiger partial charge in [-0.1, -0.05) is 30.3 Å². The molecule has 1 amide bonds. The highest BCUT2D eigenvalue weighted by atomic mass is 32.2. The lowest BCUT2D eigenvalue weighted by molar-refractivity contribution is 0.0946. The van der Waals surface area contributed by atoms with Crippen molar-refractivity contribution < 1.29 is 4.79 Å². The maximum absolute atomic E-state index is 12.8. The van der Waals surface area contributed by atoms with Crippen LogP contribution in [0.15, 0.2) is 30.3 Å². The lowest BCUT2D eigenvalue weighted by atomic mass is 9.90. The van der Waals surface area contributed by atoms with Crippen molar-refractivity contribution in [2.45, 2.75) is 31.7 Å². The molecule has 1 aliphatic heterocycles. The monoisotopic (exact) mass is 384 g/mol. The van der Waals surface area contributed by atoms with Crippen molar-refractivity contribution in [1.29, 1.82) is 0 Å². The summed E-state index contributed by atoms with van der Waals surface area (Å²) in [5.41, 5.74) is 4.29. The first-order chi connectivity index (χ1) is 13.2. The molecule has 1 aliphatic carbocycles. The van der Waals surface area contributed by atoms with Crippen LogP contribution in [0.2, 0.25) is 0 Å². The zero-order valence-corrected chi connectivity index (χ0v) is 16.8. The number of nitrogens with zero attached hydrogens (tertiary/aromatic N) is 3. The molecule has 2 aliphatic rings. The Labute approximate surface area is 165 Å². The van der Waals surface area contributed by atoms with E-state index in [-0.39, 0.29) is 5.91 Å². The summed E-state index contributed by atoms with van der Waals surface area (Å²) in [6.07, 6.45) is 3.99. The smallest absolute Gasteiger partial charge is 0.272 e. The van der Waals surface area contributed by atoms with Gasteiger partial charge in [-0.15, -0.1) is 0 Å². The number of nitrogens with one attached hydrogen (secondary N) is 1. The average molecular weight is 385 g/mol. The molecule has 1 unspecified atom stereocenters. The minimum atomic E-state index is -0.0300. The fourth-order valence-electron chi connectivity index (χ4n) is 4.26. The summed E-state index contributed by atoms with van der Waals surface area (Å²) in [5.74, 6) is 2.42. The second-order valence-electron chi connectivity index (χ2n) is 7.43. The Morgan fingerprint density at radius 3 is 2.81 bits per heavy atom. The van der Waals surface area contributed by atoms with Gasteiger partial charge in [0.25, 0.3) is 5.91 Å². The zero-order chi connectivity index (χ0) is 18.6. The number of amides is 1. The molecule has 27 heavy (non-hydrogen) atoms. The van der Waals surface area contributed by atoms with Crippen molar-refractivity contribution in [1.82, 2.24) is 20.0 Å². The molecule has 2 heterocycles. The van der Waals surface area contributed by atoms with E-state index in [1.807, 2.05) is 41.7 Å². The second-order valence-corrected chi connectivity index (χ2v) is 8.66. The third kappa shape index (κ3) is 4.22. The molecule has 1 fully saturated rings. The number of fused-ring (bicyclic) bond motifs is 1. The maximum Gasteiger partial charge on any atom is 0.272 e. The summed E-state index contributed by atoms with van der Waals surface area (Å²) in [4.78, 5) is 15.4. The number of rotatable bonds is 5. The molecular weight excluding hydrogens is 356 g/mol.